The zero-order chi connectivity index (χ0) is 10.1. The van der Waals surface area contributed by atoms with E-state index in [4.69, 9.17) is 9.84 Å². The number of nitrogens with zero attached hydrogens (tertiary/aromatic N) is 1. The Morgan fingerprint density at radius 2 is 2.31 bits per heavy atom. The molecule has 1 N–H and O–H groups in total. The van der Waals surface area contributed by atoms with Gasteiger partial charge in [-0.2, -0.15) is 4.89 Å². The van der Waals surface area contributed by atoms with E-state index in [-0.39, 0.29) is 0 Å². The lowest BCUT2D eigenvalue weighted by Gasteiger charge is -2.04. The zero-order valence-electron chi connectivity index (χ0n) is 7.60. The van der Waals surface area contributed by atoms with Gasteiger partial charge in [-0.1, -0.05) is 0 Å². The molecule has 0 aliphatic heterocycles. The lowest BCUT2D eigenvalue weighted by atomic mass is 10.2. The average Bonchev–Trinajstić information content (AvgIpc) is 2.10. The van der Waals surface area contributed by atoms with Crippen molar-refractivity contribution in [2.75, 3.05) is 20.8 Å². The maximum absolute atomic E-state index is 10.5. The van der Waals surface area contributed by atoms with Gasteiger partial charge >= 0.3 is 5.97 Å². The summed E-state index contributed by atoms with van der Waals surface area (Å²) in [5, 5.41) is 8.63. The molecule has 0 saturated carbocycles. The lowest BCUT2D eigenvalue weighted by molar-refractivity contribution is -0.188. The molecular formula is C7H13NO5. The average molecular weight is 191 g/mol. The fourth-order valence-electron chi connectivity index (χ4n) is 0.633. The van der Waals surface area contributed by atoms with E-state index in [9.17, 15) is 4.79 Å². The van der Waals surface area contributed by atoms with Gasteiger partial charge in [0.25, 0.3) is 0 Å². The Morgan fingerprint density at radius 1 is 1.62 bits per heavy atom. The molecule has 1 unspecified atom stereocenters. The second kappa shape index (κ2) is 7.51. The number of carboxylic acids is 1. The second-order valence-electron chi connectivity index (χ2n) is 2.15. The van der Waals surface area contributed by atoms with Gasteiger partial charge in [-0.3, -0.25) is 0 Å². The van der Waals surface area contributed by atoms with E-state index in [1.54, 1.807) is 0 Å². The first-order valence-corrected chi connectivity index (χ1v) is 3.65. The highest BCUT2D eigenvalue weighted by Gasteiger charge is 2.14. The SMILES string of the molecule is COCCC(/N=C\OOC)C(=O)O. The number of hydrogen-bond donors (Lipinski definition) is 1. The maximum atomic E-state index is 10.5. The molecule has 0 radical (unpaired) electrons. The highest BCUT2D eigenvalue weighted by Crippen LogP contribution is 1.97. The van der Waals surface area contributed by atoms with Crippen LogP contribution in [0.1, 0.15) is 6.42 Å². The van der Waals surface area contributed by atoms with Crippen LogP contribution in [0.3, 0.4) is 0 Å². The Kier molecular flexibility index (Phi) is 6.85. The Hall–Kier alpha value is -1.14. The van der Waals surface area contributed by atoms with Crippen LogP contribution in [0.2, 0.25) is 0 Å². The van der Waals surface area contributed by atoms with Crippen molar-refractivity contribution >= 4 is 12.4 Å². The predicted molar refractivity (Wildman–Crippen MR) is 44.5 cm³/mol. The number of aliphatic imine (C=N–C) groups is 1. The van der Waals surface area contributed by atoms with E-state index >= 15 is 0 Å². The molecule has 13 heavy (non-hydrogen) atoms. The van der Waals surface area contributed by atoms with Crippen LogP contribution in [0.5, 0.6) is 0 Å². The smallest absolute Gasteiger partial charge is 0.328 e. The van der Waals surface area contributed by atoms with E-state index in [0.29, 0.717) is 13.0 Å². The van der Waals surface area contributed by atoms with Crippen LogP contribution < -0.4 is 0 Å². The van der Waals surface area contributed by atoms with Crippen molar-refractivity contribution < 1.29 is 24.4 Å². The number of carboxylic acid groups (broad SMARTS) is 1. The molecule has 6 heteroatoms. The topological polar surface area (TPSA) is 77.3 Å². The minimum atomic E-state index is -1.02. The predicted octanol–water partition coefficient (Wildman–Crippen LogP) is 0.0824. The molecule has 0 spiro atoms. The third-order valence-electron chi connectivity index (χ3n) is 1.26. The standard InChI is InChI=1S/C7H13NO5/c1-11-4-3-6(7(9)10)8-5-13-12-2/h5-6H,3-4H2,1-2H3,(H,9,10)/b8-5-. The highest BCUT2D eigenvalue weighted by molar-refractivity contribution is 5.75. The van der Waals surface area contributed by atoms with Crippen LogP contribution in [0.25, 0.3) is 0 Å². The van der Waals surface area contributed by atoms with Crippen LogP contribution in [-0.4, -0.2) is 44.3 Å². The molecule has 0 fully saturated rings. The number of hydrogen-bond acceptors (Lipinski definition) is 5. The van der Waals surface area contributed by atoms with Gasteiger partial charge < -0.3 is 14.7 Å². The monoisotopic (exact) mass is 191 g/mol. The molecule has 0 saturated heterocycles. The molecule has 0 aromatic rings. The molecule has 0 heterocycles. The van der Waals surface area contributed by atoms with Crippen LogP contribution in [0.15, 0.2) is 4.99 Å². The first kappa shape index (κ1) is 11.9. The van der Waals surface area contributed by atoms with Crippen molar-refractivity contribution in [3.63, 3.8) is 0 Å². The maximum Gasteiger partial charge on any atom is 0.328 e. The van der Waals surface area contributed by atoms with Gasteiger partial charge in [0.15, 0.2) is 6.04 Å². The quantitative estimate of drug-likeness (QED) is 0.267. The molecule has 76 valence electrons. The highest BCUT2D eigenvalue weighted by atomic mass is 17.2. The molecule has 0 aliphatic carbocycles. The third kappa shape index (κ3) is 6.06. The minimum absolute atomic E-state index is 0.301. The van der Waals surface area contributed by atoms with E-state index < -0.39 is 12.0 Å². The van der Waals surface area contributed by atoms with Crippen LogP contribution in [0, 0.1) is 0 Å². The fraction of sp³-hybridized carbons (Fsp3) is 0.714. The fourth-order valence-corrected chi connectivity index (χ4v) is 0.633. The van der Waals surface area contributed by atoms with Crippen molar-refractivity contribution in [2.45, 2.75) is 12.5 Å². The molecule has 1 atom stereocenters. The number of aliphatic carboxylic acids is 1. The lowest BCUT2D eigenvalue weighted by Crippen LogP contribution is -2.20. The van der Waals surface area contributed by atoms with E-state index in [1.165, 1.54) is 14.2 Å². The van der Waals surface area contributed by atoms with Gasteiger partial charge in [0, 0.05) is 20.1 Å². The summed E-state index contributed by atoms with van der Waals surface area (Å²) in [5.41, 5.74) is 0. The number of rotatable bonds is 7. The second-order valence-corrected chi connectivity index (χ2v) is 2.15. The molecule has 0 rings (SSSR count). The summed E-state index contributed by atoms with van der Waals surface area (Å²) in [7, 11) is 2.80. The zero-order valence-corrected chi connectivity index (χ0v) is 7.60. The first-order chi connectivity index (χ1) is 6.22. The van der Waals surface area contributed by atoms with Gasteiger partial charge in [0.2, 0.25) is 6.40 Å². The summed E-state index contributed by atoms with van der Waals surface area (Å²) in [5.74, 6) is -1.02. The van der Waals surface area contributed by atoms with E-state index in [1.807, 2.05) is 0 Å². The largest absolute Gasteiger partial charge is 0.480 e. The number of methoxy groups -OCH3 is 1. The van der Waals surface area contributed by atoms with Crippen LogP contribution in [-0.2, 0) is 19.3 Å². The molecular weight excluding hydrogens is 178 g/mol. The summed E-state index contributed by atoms with van der Waals surface area (Å²) < 4.78 is 4.72. The number of ether oxygens (including phenoxy) is 1. The van der Waals surface area contributed by atoms with Crippen molar-refractivity contribution in [2.24, 2.45) is 4.99 Å². The summed E-state index contributed by atoms with van der Waals surface area (Å²) in [4.78, 5) is 22.6. The van der Waals surface area contributed by atoms with Gasteiger partial charge in [0.1, 0.15) is 0 Å². The van der Waals surface area contributed by atoms with Gasteiger partial charge in [0.05, 0.1) is 7.11 Å². The third-order valence-corrected chi connectivity index (χ3v) is 1.26. The molecule has 0 bridgehead atoms. The van der Waals surface area contributed by atoms with E-state index in [0.717, 1.165) is 6.40 Å². The van der Waals surface area contributed by atoms with Crippen molar-refractivity contribution in [3.05, 3.63) is 0 Å². The molecule has 0 aliphatic rings. The number of carbonyl (C=O) groups is 1. The van der Waals surface area contributed by atoms with Crippen molar-refractivity contribution in [1.82, 2.24) is 0 Å². The van der Waals surface area contributed by atoms with Crippen molar-refractivity contribution in [1.29, 1.82) is 0 Å². The first-order valence-electron chi connectivity index (χ1n) is 3.65. The summed E-state index contributed by atoms with van der Waals surface area (Å²) >= 11 is 0. The van der Waals surface area contributed by atoms with Crippen molar-refractivity contribution in [3.8, 4) is 0 Å². The normalized spacial score (nSPS) is 13.1. The van der Waals surface area contributed by atoms with Gasteiger partial charge in [-0.25, -0.2) is 9.79 Å². The van der Waals surface area contributed by atoms with Gasteiger partial charge in [-0.15, -0.1) is 0 Å². The van der Waals surface area contributed by atoms with E-state index in [2.05, 4.69) is 14.8 Å². The van der Waals surface area contributed by atoms with Crippen LogP contribution in [0.4, 0.5) is 0 Å². The Morgan fingerprint density at radius 3 is 2.77 bits per heavy atom. The molecule has 0 aromatic heterocycles. The molecule has 0 aromatic carbocycles. The Bertz CT molecular complexity index is 170. The Balaban J connectivity index is 3.86. The summed E-state index contributed by atoms with van der Waals surface area (Å²) in [6.07, 6.45) is 1.25. The minimum Gasteiger partial charge on any atom is -0.480 e. The summed E-state index contributed by atoms with van der Waals surface area (Å²) in [6.45, 7) is 0.335. The molecule has 0 amide bonds. The van der Waals surface area contributed by atoms with Crippen LogP contribution >= 0.6 is 0 Å². The molecule has 6 nitrogen and oxygen atoms in total. The Labute approximate surface area is 76.0 Å². The van der Waals surface area contributed by atoms with Gasteiger partial charge in [-0.05, 0) is 0 Å². The summed E-state index contributed by atoms with van der Waals surface area (Å²) in [6, 6.07) is -0.852.